The van der Waals surface area contributed by atoms with Crippen molar-refractivity contribution in [2.45, 2.75) is 0 Å². The van der Waals surface area contributed by atoms with Gasteiger partial charge in [0.2, 0.25) is 11.8 Å². The number of hydrogen-bond donors (Lipinski definition) is 3. The Morgan fingerprint density at radius 2 is 1.79 bits per heavy atom. The summed E-state index contributed by atoms with van der Waals surface area (Å²) in [7, 11) is 0. The van der Waals surface area contributed by atoms with Crippen molar-refractivity contribution in [1.82, 2.24) is 5.32 Å². The van der Waals surface area contributed by atoms with E-state index in [1.807, 2.05) is 0 Å². The molecule has 0 spiro atoms. The van der Waals surface area contributed by atoms with Crippen LogP contribution in [0.4, 0.5) is 5.69 Å². The number of nitrogens with one attached hydrogen (secondary N) is 1. The zero-order valence-corrected chi connectivity index (χ0v) is 10.8. The molecule has 1 rings (SSSR count). The Morgan fingerprint density at radius 1 is 1.26 bits per heavy atom. The van der Waals surface area contributed by atoms with E-state index in [-0.39, 0.29) is 11.1 Å². The molecule has 1 aromatic rings. The molecule has 0 saturated heterocycles. The lowest BCUT2D eigenvalue weighted by Gasteiger charge is -2.04. The number of thioether (sulfide) groups is 1. The van der Waals surface area contributed by atoms with Crippen molar-refractivity contribution < 1.29 is 9.59 Å². The Labute approximate surface area is 113 Å². The second-order valence-corrected chi connectivity index (χ2v) is 4.15. The van der Waals surface area contributed by atoms with E-state index in [4.69, 9.17) is 16.7 Å². The van der Waals surface area contributed by atoms with Gasteiger partial charge in [-0.15, -0.1) is 0 Å². The summed E-state index contributed by atoms with van der Waals surface area (Å²) in [5.74, 6) is -1.39. The first-order valence-electron chi connectivity index (χ1n) is 5.00. The molecule has 8 heteroatoms. The molecular weight excluding hydrogens is 266 g/mol. The van der Waals surface area contributed by atoms with E-state index in [0.717, 1.165) is 0 Å². The van der Waals surface area contributed by atoms with Crippen LogP contribution >= 0.6 is 11.8 Å². The minimum absolute atomic E-state index is 0.118. The number of amides is 2. The molecule has 0 radical (unpaired) electrons. The molecule has 0 aliphatic rings. The summed E-state index contributed by atoms with van der Waals surface area (Å²) in [5, 5.41) is 11.2. The van der Waals surface area contributed by atoms with E-state index in [1.54, 1.807) is 12.4 Å². The fourth-order valence-corrected chi connectivity index (χ4v) is 1.59. The molecule has 0 aliphatic heterocycles. The lowest BCUT2D eigenvalue weighted by atomic mass is 10.1. The number of carbonyl (C=O) groups excluding carboxylic acids is 2. The summed E-state index contributed by atoms with van der Waals surface area (Å²) in [6, 6.07) is 4.11. The van der Waals surface area contributed by atoms with Gasteiger partial charge in [-0.1, -0.05) is 11.8 Å². The van der Waals surface area contributed by atoms with Gasteiger partial charge in [-0.05, 0) is 24.5 Å². The molecule has 0 bridgehead atoms. The highest BCUT2D eigenvalue weighted by atomic mass is 32.2. The highest BCUT2D eigenvalue weighted by Crippen LogP contribution is 2.19. The quantitative estimate of drug-likeness (QED) is 0.316. The Bertz CT molecular complexity index is 559. The highest BCUT2D eigenvalue weighted by Gasteiger charge is 2.09. The van der Waals surface area contributed by atoms with Crippen molar-refractivity contribution in [3.05, 3.63) is 29.3 Å². The van der Waals surface area contributed by atoms with Crippen LogP contribution in [0.1, 0.15) is 20.7 Å². The number of primary amides is 2. The molecule has 0 fully saturated rings. The maximum absolute atomic E-state index is 11.2. The normalized spacial score (nSPS) is 10.6. The van der Waals surface area contributed by atoms with Crippen molar-refractivity contribution in [2.24, 2.45) is 16.5 Å². The Kier molecular flexibility index (Phi) is 4.91. The van der Waals surface area contributed by atoms with Crippen molar-refractivity contribution in [1.29, 1.82) is 5.26 Å². The monoisotopic (exact) mass is 277 g/mol. The van der Waals surface area contributed by atoms with E-state index in [9.17, 15) is 9.59 Å². The van der Waals surface area contributed by atoms with Gasteiger partial charge < -0.3 is 11.5 Å². The van der Waals surface area contributed by atoms with Gasteiger partial charge in [0, 0.05) is 11.1 Å². The molecule has 0 aliphatic carbocycles. The molecule has 0 atom stereocenters. The molecule has 5 N–H and O–H groups in total. The standard InChI is InChI=1S/C11H11N5O2S/c1-19-11(15-5-12)16-8-3-6(9(13)17)2-7(4-8)10(14)18/h2-4H,1H3,(H2,13,17)(H2,14,18)(H,15,16). The number of benzene rings is 1. The van der Waals surface area contributed by atoms with Crippen LogP contribution in [0.2, 0.25) is 0 Å². The van der Waals surface area contributed by atoms with Crippen molar-refractivity contribution in [3.8, 4) is 6.19 Å². The molecule has 0 heterocycles. The van der Waals surface area contributed by atoms with E-state index < -0.39 is 11.8 Å². The molecule has 0 aromatic heterocycles. The number of amidine groups is 1. The molecule has 1 aromatic carbocycles. The van der Waals surface area contributed by atoms with Crippen molar-refractivity contribution in [3.63, 3.8) is 0 Å². The summed E-state index contributed by atoms with van der Waals surface area (Å²) in [6.07, 6.45) is 3.45. The van der Waals surface area contributed by atoms with Gasteiger partial charge in [0.1, 0.15) is 0 Å². The summed E-state index contributed by atoms with van der Waals surface area (Å²) in [6.45, 7) is 0. The zero-order chi connectivity index (χ0) is 14.4. The third kappa shape index (κ3) is 4.01. The molecule has 0 saturated carbocycles. The van der Waals surface area contributed by atoms with E-state index in [2.05, 4.69) is 10.3 Å². The third-order valence-electron chi connectivity index (χ3n) is 2.07. The molecule has 2 amide bonds. The number of nitrogens with two attached hydrogens (primary N) is 2. The first-order chi connectivity index (χ1) is 8.97. The van der Waals surface area contributed by atoms with Gasteiger partial charge in [-0.2, -0.15) is 5.26 Å². The number of nitrogens with zero attached hydrogens (tertiary/aromatic N) is 2. The minimum Gasteiger partial charge on any atom is -0.366 e. The van der Waals surface area contributed by atoms with Gasteiger partial charge in [0.15, 0.2) is 11.4 Å². The second kappa shape index (κ2) is 6.42. The summed E-state index contributed by atoms with van der Waals surface area (Å²) in [5.41, 5.74) is 10.9. The third-order valence-corrected chi connectivity index (χ3v) is 2.65. The van der Waals surface area contributed by atoms with E-state index in [1.165, 1.54) is 30.0 Å². The second-order valence-electron chi connectivity index (χ2n) is 3.35. The maximum atomic E-state index is 11.2. The van der Waals surface area contributed by atoms with Crippen LogP contribution in [-0.2, 0) is 0 Å². The summed E-state index contributed by atoms with van der Waals surface area (Å²) in [4.78, 5) is 26.4. The van der Waals surface area contributed by atoms with Crippen LogP contribution in [-0.4, -0.2) is 23.2 Å². The maximum Gasteiger partial charge on any atom is 0.248 e. The number of nitriles is 1. The first kappa shape index (κ1) is 14.5. The van der Waals surface area contributed by atoms with Crippen LogP contribution in [0, 0.1) is 11.5 Å². The largest absolute Gasteiger partial charge is 0.366 e. The average molecular weight is 277 g/mol. The minimum atomic E-state index is -0.696. The predicted octanol–water partition coefficient (Wildman–Crippen LogP) is 0.306. The summed E-state index contributed by atoms with van der Waals surface area (Å²) >= 11 is 1.20. The van der Waals surface area contributed by atoms with E-state index >= 15 is 0 Å². The zero-order valence-electron chi connectivity index (χ0n) is 10.0. The van der Waals surface area contributed by atoms with Crippen molar-refractivity contribution in [2.75, 3.05) is 6.26 Å². The fourth-order valence-electron chi connectivity index (χ4n) is 1.25. The van der Waals surface area contributed by atoms with Crippen LogP contribution in [0.15, 0.2) is 23.2 Å². The Morgan fingerprint density at radius 3 is 2.16 bits per heavy atom. The lowest BCUT2D eigenvalue weighted by Crippen LogP contribution is -2.16. The van der Waals surface area contributed by atoms with Gasteiger partial charge >= 0.3 is 0 Å². The SMILES string of the molecule is CSC(=Nc1cc(C(N)=O)cc(C(N)=O)c1)NC#N. The van der Waals surface area contributed by atoms with Crippen molar-refractivity contribution >= 4 is 34.4 Å². The lowest BCUT2D eigenvalue weighted by molar-refractivity contribution is 0.0999. The molecule has 19 heavy (non-hydrogen) atoms. The molecule has 7 nitrogen and oxygen atoms in total. The highest BCUT2D eigenvalue weighted by molar-refractivity contribution is 8.13. The molecule has 0 unspecified atom stereocenters. The molecular formula is C11H11N5O2S. The van der Waals surface area contributed by atoms with Gasteiger partial charge in [0.25, 0.3) is 0 Å². The Hall–Kier alpha value is -2.53. The number of aliphatic imine (C=N–C) groups is 1. The van der Waals surface area contributed by atoms with Crippen LogP contribution < -0.4 is 16.8 Å². The average Bonchev–Trinajstić information content (AvgIpc) is 2.37. The topological polar surface area (TPSA) is 134 Å². The number of rotatable bonds is 3. The number of hydrogen-bond acceptors (Lipinski definition) is 5. The Balaban J connectivity index is 3.31. The van der Waals surface area contributed by atoms with E-state index in [0.29, 0.717) is 10.9 Å². The van der Waals surface area contributed by atoms with Gasteiger partial charge in [-0.25, -0.2) is 4.99 Å². The molecule has 98 valence electrons. The summed E-state index contributed by atoms with van der Waals surface area (Å²) < 4.78 is 0. The smallest absolute Gasteiger partial charge is 0.248 e. The van der Waals surface area contributed by atoms with Crippen LogP contribution in [0.3, 0.4) is 0 Å². The fraction of sp³-hybridized carbons (Fsp3) is 0.0909. The van der Waals surface area contributed by atoms with Gasteiger partial charge in [0.05, 0.1) is 5.69 Å². The van der Waals surface area contributed by atoms with Crippen LogP contribution in [0.25, 0.3) is 0 Å². The van der Waals surface area contributed by atoms with Crippen LogP contribution in [0.5, 0.6) is 0 Å². The predicted molar refractivity (Wildman–Crippen MR) is 72.8 cm³/mol. The first-order valence-corrected chi connectivity index (χ1v) is 6.23. The number of carbonyl (C=O) groups is 2. The van der Waals surface area contributed by atoms with Gasteiger partial charge in [-0.3, -0.25) is 14.9 Å².